The van der Waals surface area contributed by atoms with E-state index in [1.165, 1.54) is 5.69 Å². The van der Waals surface area contributed by atoms with Gasteiger partial charge in [-0.05, 0) is 34.6 Å². The van der Waals surface area contributed by atoms with E-state index < -0.39 is 0 Å². The Hall–Kier alpha value is -0.860. The first-order valence-electron chi connectivity index (χ1n) is 6.07. The number of hydroxylamine groups is 2. The second-order valence-electron chi connectivity index (χ2n) is 5.06. The molecule has 0 bridgehead atoms. The summed E-state index contributed by atoms with van der Waals surface area (Å²) >= 11 is 0. The van der Waals surface area contributed by atoms with Crippen LogP contribution in [0.2, 0.25) is 0 Å². The van der Waals surface area contributed by atoms with Gasteiger partial charge in [0.2, 0.25) is 0 Å². The summed E-state index contributed by atoms with van der Waals surface area (Å²) in [5.41, 5.74) is 1.09. The third-order valence-electron chi connectivity index (χ3n) is 2.70. The van der Waals surface area contributed by atoms with Crippen LogP contribution in [0.15, 0.2) is 30.3 Å². The summed E-state index contributed by atoms with van der Waals surface area (Å²) in [5, 5.41) is 0. The van der Waals surface area contributed by atoms with Crippen LogP contribution in [-0.2, 0) is 4.84 Å². The van der Waals surface area contributed by atoms with Crippen molar-refractivity contribution in [3.8, 4) is 0 Å². The molecule has 0 saturated heterocycles. The van der Waals surface area contributed by atoms with Gasteiger partial charge in [-0.3, -0.25) is 0 Å². The summed E-state index contributed by atoms with van der Waals surface area (Å²) in [7, 11) is 0. The van der Waals surface area contributed by atoms with E-state index >= 15 is 0 Å². The average Bonchev–Trinajstić information content (AvgIpc) is 2.26. The maximum Gasteiger partial charge on any atom is 0.165 e. The Balaban J connectivity index is 3.06. The molecule has 0 aliphatic rings. The molecule has 0 aromatic heterocycles. The summed E-state index contributed by atoms with van der Waals surface area (Å²) in [5.74, 6) is 0. The minimum absolute atomic E-state index is 0.137. The number of rotatable bonds is 4. The Kier molecular flexibility index (Phi) is 4.11. The van der Waals surface area contributed by atoms with Crippen LogP contribution >= 0.6 is 0 Å². The van der Waals surface area contributed by atoms with Crippen LogP contribution in [0.4, 0.5) is 5.69 Å². The maximum absolute atomic E-state index is 6.25. The molecule has 0 aliphatic carbocycles. The molecule has 1 aromatic carbocycles. The van der Waals surface area contributed by atoms with Crippen LogP contribution in [0.5, 0.6) is 0 Å². The molecule has 0 saturated carbocycles. The van der Waals surface area contributed by atoms with Gasteiger partial charge < -0.3 is 0 Å². The predicted octanol–water partition coefficient (Wildman–Crippen LogP) is 3.76. The fraction of sp³-hybridized carbons (Fsp3) is 0.571. The van der Waals surface area contributed by atoms with Gasteiger partial charge in [0.05, 0.1) is 0 Å². The van der Waals surface area contributed by atoms with Crippen molar-refractivity contribution in [2.75, 3.05) is 13.1 Å². The standard InChI is InChI=1S/C14H24NO/c1-6-15(7-2,16-14(3,4)5)13-11-9-8-10-12-13/h8-12H,6-7H2,1-5H3/q+1. The minimum atomic E-state index is -0.137. The molecule has 1 aromatic rings. The normalized spacial score (nSPS) is 12.8. The zero-order chi connectivity index (χ0) is 12.2. The first-order valence-corrected chi connectivity index (χ1v) is 6.07. The van der Waals surface area contributed by atoms with E-state index in [4.69, 9.17) is 4.84 Å². The third kappa shape index (κ3) is 3.06. The zero-order valence-electron chi connectivity index (χ0n) is 11.2. The lowest BCUT2D eigenvalue weighted by atomic mass is 10.2. The van der Waals surface area contributed by atoms with Gasteiger partial charge in [0.1, 0.15) is 18.7 Å². The number of benzene rings is 1. The molecule has 0 heterocycles. The second-order valence-corrected chi connectivity index (χ2v) is 5.06. The monoisotopic (exact) mass is 222 g/mol. The average molecular weight is 222 g/mol. The van der Waals surface area contributed by atoms with Crippen LogP contribution in [0.1, 0.15) is 34.6 Å². The zero-order valence-corrected chi connectivity index (χ0v) is 11.2. The summed E-state index contributed by atoms with van der Waals surface area (Å²) in [4.78, 5) is 6.25. The van der Waals surface area contributed by atoms with Crippen molar-refractivity contribution in [3.63, 3.8) is 0 Å². The molecule has 0 unspecified atom stereocenters. The Morgan fingerprint density at radius 3 is 1.88 bits per heavy atom. The molecule has 0 atom stereocenters. The molecular weight excluding hydrogens is 198 g/mol. The molecule has 2 nitrogen and oxygen atoms in total. The quantitative estimate of drug-likeness (QED) is 0.556. The number of quaternary nitrogens is 1. The Morgan fingerprint density at radius 2 is 1.50 bits per heavy atom. The topological polar surface area (TPSA) is 9.23 Å². The Labute approximate surface area is 99.4 Å². The van der Waals surface area contributed by atoms with Crippen molar-refractivity contribution in [1.29, 1.82) is 0 Å². The SMILES string of the molecule is CC[N+](CC)(OC(C)(C)C)c1ccccc1. The molecule has 0 N–H and O–H groups in total. The van der Waals surface area contributed by atoms with Gasteiger partial charge in [0.15, 0.2) is 5.69 Å². The van der Waals surface area contributed by atoms with E-state index in [1.54, 1.807) is 0 Å². The first kappa shape index (κ1) is 13.2. The van der Waals surface area contributed by atoms with E-state index in [2.05, 4.69) is 58.9 Å². The van der Waals surface area contributed by atoms with Gasteiger partial charge in [-0.1, -0.05) is 18.2 Å². The van der Waals surface area contributed by atoms with Crippen molar-refractivity contribution in [2.24, 2.45) is 0 Å². The van der Waals surface area contributed by atoms with Gasteiger partial charge in [0.25, 0.3) is 0 Å². The fourth-order valence-corrected chi connectivity index (χ4v) is 1.99. The minimum Gasteiger partial charge on any atom is -0.192 e. The van der Waals surface area contributed by atoms with Gasteiger partial charge in [0, 0.05) is 12.1 Å². The van der Waals surface area contributed by atoms with Gasteiger partial charge in [-0.15, -0.1) is 4.65 Å². The Bertz CT molecular complexity index is 309. The summed E-state index contributed by atoms with van der Waals surface area (Å²) in [6, 6.07) is 10.5. The number of hydrogen-bond acceptors (Lipinski definition) is 1. The lowest BCUT2D eigenvalue weighted by Crippen LogP contribution is -2.53. The van der Waals surface area contributed by atoms with Gasteiger partial charge in [-0.2, -0.15) is 4.84 Å². The molecule has 90 valence electrons. The van der Waals surface area contributed by atoms with Crippen molar-refractivity contribution < 1.29 is 4.84 Å². The molecular formula is C14H24NO+. The van der Waals surface area contributed by atoms with Crippen molar-refractivity contribution in [3.05, 3.63) is 30.3 Å². The van der Waals surface area contributed by atoms with Crippen molar-refractivity contribution in [2.45, 2.75) is 40.2 Å². The van der Waals surface area contributed by atoms with E-state index in [-0.39, 0.29) is 5.60 Å². The van der Waals surface area contributed by atoms with E-state index in [1.807, 2.05) is 6.07 Å². The number of para-hydroxylation sites is 1. The lowest BCUT2D eigenvalue weighted by Gasteiger charge is -2.38. The molecule has 0 aliphatic heterocycles. The maximum atomic E-state index is 6.25. The molecule has 16 heavy (non-hydrogen) atoms. The summed E-state index contributed by atoms with van der Waals surface area (Å²) in [6.07, 6.45) is 0. The lowest BCUT2D eigenvalue weighted by molar-refractivity contribution is -0.213. The van der Waals surface area contributed by atoms with Crippen molar-refractivity contribution >= 4 is 5.69 Å². The van der Waals surface area contributed by atoms with Crippen LogP contribution in [0.25, 0.3) is 0 Å². The summed E-state index contributed by atoms with van der Waals surface area (Å²) in [6.45, 7) is 12.5. The van der Waals surface area contributed by atoms with Crippen molar-refractivity contribution in [1.82, 2.24) is 4.65 Å². The van der Waals surface area contributed by atoms with Crippen LogP contribution < -0.4 is 4.65 Å². The van der Waals surface area contributed by atoms with Crippen LogP contribution in [-0.4, -0.2) is 18.7 Å². The molecule has 0 amide bonds. The first-order chi connectivity index (χ1) is 7.43. The summed E-state index contributed by atoms with van der Waals surface area (Å²) < 4.78 is 0.588. The highest BCUT2D eigenvalue weighted by Crippen LogP contribution is 2.27. The third-order valence-corrected chi connectivity index (χ3v) is 2.70. The molecule has 0 spiro atoms. The van der Waals surface area contributed by atoms with Crippen LogP contribution in [0, 0.1) is 0 Å². The molecule has 0 fully saturated rings. The second kappa shape index (κ2) is 4.98. The largest absolute Gasteiger partial charge is 0.192 e. The van der Waals surface area contributed by atoms with E-state index in [0.717, 1.165) is 13.1 Å². The highest BCUT2D eigenvalue weighted by molar-refractivity contribution is 5.40. The molecule has 0 radical (unpaired) electrons. The Morgan fingerprint density at radius 1 is 1.00 bits per heavy atom. The number of hydrogen-bond donors (Lipinski definition) is 0. The smallest absolute Gasteiger partial charge is 0.165 e. The van der Waals surface area contributed by atoms with E-state index in [0.29, 0.717) is 4.65 Å². The fourth-order valence-electron chi connectivity index (χ4n) is 1.99. The van der Waals surface area contributed by atoms with Gasteiger partial charge >= 0.3 is 0 Å². The highest BCUT2D eigenvalue weighted by Gasteiger charge is 2.34. The molecule has 1 rings (SSSR count). The predicted molar refractivity (Wildman–Crippen MR) is 70.2 cm³/mol. The number of nitrogens with zero attached hydrogens (tertiary/aromatic N) is 1. The van der Waals surface area contributed by atoms with Crippen LogP contribution in [0.3, 0.4) is 0 Å². The highest BCUT2D eigenvalue weighted by atomic mass is 16.7. The van der Waals surface area contributed by atoms with Gasteiger partial charge in [-0.25, -0.2) is 0 Å². The van der Waals surface area contributed by atoms with E-state index in [9.17, 15) is 0 Å². The molecule has 2 heteroatoms.